The monoisotopic (exact) mass is 394 g/mol. The number of benzene rings is 2. The third kappa shape index (κ3) is 3.98. The van der Waals surface area contributed by atoms with Crippen molar-refractivity contribution in [2.75, 3.05) is 31.6 Å². The molecule has 9 nitrogen and oxygen atoms in total. The van der Waals surface area contributed by atoms with Crippen LogP contribution in [0.3, 0.4) is 0 Å². The molecule has 1 amide bonds. The van der Waals surface area contributed by atoms with Crippen molar-refractivity contribution in [1.82, 2.24) is 10.2 Å². The third-order valence-electron chi connectivity index (χ3n) is 4.20. The van der Waals surface area contributed by atoms with Gasteiger partial charge in [-0.15, -0.1) is 10.2 Å². The third-order valence-corrected chi connectivity index (χ3v) is 4.20. The van der Waals surface area contributed by atoms with Gasteiger partial charge in [-0.2, -0.15) is 0 Å². The van der Waals surface area contributed by atoms with Crippen LogP contribution in [0.4, 0.5) is 17.2 Å². The molecule has 9 heteroatoms. The summed E-state index contributed by atoms with van der Waals surface area (Å²) in [4.78, 5) is 12.4. The van der Waals surface area contributed by atoms with E-state index < -0.39 is 0 Å². The molecule has 2 N–H and O–H groups in total. The number of hydrogen-bond acceptors (Lipinski definition) is 8. The Morgan fingerprint density at radius 1 is 0.966 bits per heavy atom. The molecular formula is C20H18N4O5. The van der Waals surface area contributed by atoms with E-state index in [-0.39, 0.29) is 18.4 Å². The van der Waals surface area contributed by atoms with Gasteiger partial charge < -0.3 is 29.6 Å². The largest absolute Gasteiger partial charge is 0.497 e. The SMILES string of the molecule is COc1ccc(OC)c(Nc2ccc(C(=O)Nc3ccc4c(c3)OCO4)nn2)c1. The standard InChI is InChI=1S/C20H18N4O5/c1-26-13-4-7-16(27-2)15(10-13)22-19-8-5-14(23-24-19)20(25)21-12-3-6-17-18(9-12)29-11-28-17/h3-10H,11H2,1-2H3,(H,21,25)(H,22,24). The average Bonchev–Trinajstić information content (AvgIpc) is 3.22. The normalized spacial score (nSPS) is 11.7. The second-order valence-corrected chi connectivity index (χ2v) is 6.02. The molecule has 0 fully saturated rings. The Labute approximate surface area is 166 Å². The first kappa shape index (κ1) is 18.4. The Bertz CT molecular complexity index is 1040. The minimum Gasteiger partial charge on any atom is -0.497 e. The van der Waals surface area contributed by atoms with Crippen LogP contribution in [-0.2, 0) is 0 Å². The Kier molecular flexibility index (Phi) is 5.02. The summed E-state index contributed by atoms with van der Waals surface area (Å²) in [6, 6.07) is 13.7. The summed E-state index contributed by atoms with van der Waals surface area (Å²) in [5.74, 6) is 2.59. The fraction of sp³-hybridized carbons (Fsp3) is 0.150. The van der Waals surface area contributed by atoms with Crippen LogP contribution in [0.2, 0.25) is 0 Å². The maximum Gasteiger partial charge on any atom is 0.276 e. The molecule has 0 aliphatic carbocycles. The van der Waals surface area contributed by atoms with Gasteiger partial charge in [-0.25, -0.2) is 0 Å². The van der Waals surface area contributed by atoms with E-state index in [1.165, 1.54) is 0 Å². The molecule has 0 unspecified atom stereocenters. The molecule has 2 heterocycles. The summed E-state index contributed by atoms with van der Waals surface area (Å²) >= 11 is 0. The van der Waals surface area contributed by atoms with Gasteiger partial charge in [0, 0.05) is 17.8 Å². The molecule has 148 valence electrons. The predicted octanol–water partition coefficient (Wildman–Crippen LogP) is 3.22. The molecule has 2 aromatic carbocycles. The summed E-state index contributed by atoms with van der Waals surface area (Å²) in [7, 11) is 3.15. The van der Waals surface area contributed by atoms with E-state index in [0.717, 1.165) is 0 Å². The number of carbonyl (C=O) groups excluding carboxylic acids is 1. The lowest BCUT2D eigenvalue weighted by Gasteiger charge is -2.12. The number of fused-ring (bicyclic) bond motifs is 1. The Morgan fingerprint density at radius 3 is 2.59 bits per heavy atom. The van der Waals surface area contributed by atoms with Crippen molar-refractivity contribution < 1.29 is 23.7 Å². The Balaban J connectivity index is 1.46. The molecular weight excluding hydrogens is 376 g/mol. The van der Waals surface area contributed by atoms with E-state index in [9.17, 15) is 4.79 Å². The highest BCUT2D eigenvalue weighted by Crippen LogP contribution is 2.34. The molecule has 0 bridgehead atoms. The van der Waals surface area contributed by atoms with E-state index in [2.05, 4.69) is 20.8 Å². The average molecular weight is 394 g/mol. The van der Waals surface area contributed by atoms with Crippen LogP contribution in [0, 0.1) is 0 Å². The molecule has 1 aliphatic rings. The second kappa shape index (κ2) is 7.93. The lowest BCUT2D eigenvalue weighted by atomic mass is 10.2. The summed E-state index contributed by atoms with van der Waals surface area (Å²) in [5, 5.41) is 13.9. The number of ether oxygens (including phenoxy) is 4. The highest BCUT2D eigenvalue weighted by Gasteiger charge is 2.15. The van der Waals surface area contributed by atoms with E-state index in [4.69, 9.17) is 18.9 Å². The molecule has 1 aliphatic heterocycles. The van der Waals surface area contributed by atoms with Crippen molar-refractivity contribution in [3.63, 3.8) is 0 Å². The fourth-order valence-electron chi connectivity index (χ4n) is 2.74. The van der Waals surface area contributed by atoms with Crippen LogP contribution in [0.1, 0.15) is 10.5 Å². The van der Waals surface area contributed by atoms with Gasteiger partial charge in [0.15, 0.2) is 23.0 Å². The Morgan fingerprint density at radius 2 is 1.83 bits per heavy atom. The lowest BCUT2D eigenvalue weighted by Crippen LogP contribution is -2.14. The lowest BCUT2D eigenvalue weighted by molar-refractivity contribution is 0.102. The summed E-state index contributed by atoms with van der Waals surface area (Å²) in [5.41, 5.74) is 1.41. The highest BCUT2D eigenvalue weighted by molar-refractivity contribution is 6.03. The van der Waals surface area contributed by atoms with Crippen molar-refractivity contribution in [3.8, 4) is 23.0 Å². The highest BCUT2D eigenvalue weighted by atomic mass is 16.7. The smallest absolute Gasteiger partial charge is 0.276 e. The van der Waals surface area contributed by atoms with E-state index in [1.807, 2.05) is 0 Å². The maximum atomic E-state index is 12.4. The number of hydrogen-bond donors (Lipinski definition) is 2. The minimum atomic E-state index is -0.387. The molecule has 4 rings (SSSR count). The van der Waals surface area contributed by atoms with E-state index in [1.54, 1.807) is 62.8 Å². The van der Waals surface area contributed by atoms with Crippen molar-refractivity contribution in [2.45, 2.75) is 0 Å². The summed E-state index contributed by atoms with van der Waals surface area (Å²) in [6.45, 7) is 0.171. The molecule has 0 saturated carbocycles. The van der Waals surface area contributed by atoms with Crippen molar-refractivity contribution in [2.24, 2.45) is 0 Å². The number of methoxy groups -OCH3 is 2. The van der Waals surface area contributed by atoms with E-state index in [0.29, 0.717) is 40.2 Å². The van der Waals surface area contributed by atoms with Gasteiger partial charge in [-0.1, -0.05) is 0 Å². The fourth-order valence-corrected chi connectivity index (χ4v) is 2.74. The zero-order chi connectivity index (χ0) is 20.2. The number of carbonyl (C=O) groups is 1. The second-order valence-electron chi connectivity index (χ2n) is 6.02. The molecule has 3 aromatic rings. The topological polar surface area (TPSA) is 104 Å². The number of nitrogens with one attached hydrogen (secondary N) is 2. The molecule has 0 spiro atoms. The van der Waals surface area contributed by atoms with Crippen LogP contribution in [0.5, 0.6) is 23.0 Å². The zero-order valence-corrected chi connectivity index (χ0v) is 15.8. The van der Waals surface area contributed by atoms with E-state index >= 15 is 0 Å². The minimum absolute atomic E-state index is 0.171. The first-order valence-electron chi connectivity index (χ1n) is 8.70. The molecule has 29 heavy (non-hydrogen) atoms. The summed E-state index contributed by atoms with van der Waals surface area (Å²) < 4.78 is 21.1. The number of amides is 1. The first-order chi connectivity index (χ1) is 14.2. The van der Waals surface area contributed by atoms with Gasteiger partial charge in [-0.05, 0) is 36.4 Å². The summed E-state index contributed by atoms with van der Waals surface area (Å²) in [6.07, 6.45) is 0. The van der Waals surface area contributed by atoms with Crippen LogP contribution in [-0.4, -0.2) is 37.1 Å². The number of rotatable bonds is 6. The van der Waals surface area contributed by atoms with Crippen LogP contribution in [0.15, 0.2) is 48.5 Å². The number of anilines is 3. The van der Waals surface area contributed by atoms with Gasteiger partial charge in [0.1, 0.15) is 11.5 Å². The zero-order valence-electron chi connectivity index (χ0n) is 15.8. The number of nitrogens with zero attached hydrogens (tertiary/aromatic N) is 2. The maximum absolute atomic E-state index is 12.4. The van der Waals surface area contributed by atoms with Crippen molar-refractivity contribution in [3.05, 3.63) is 54.2 Å². The Hall–Kier alpha value is -4.01. The molecule has 0 saturated heterocycles. The number of aromatic nitrogens is 2. The molecule has 0 radical (unpaired) electrons. The van der Waals surface area contributed by atoms with Crippen molar-refractivity contribution >= 4 is 23.1 Å². The van der Waals surface area contributed by atoms with Gasteiger partial charge in [0.2, 0.25) is 6.79 Å². The first-order valence-corrected chi connectivity index (χ1v) is 8.70. The van der Waals surface area contributed by atoms with Gasteiger partial charge in [-0.3, -0.25) is 4.79 Å². The van der Waals surface area contributed by atoms with Crippen LogP contribution >= 0.6 is 0 Å². The van der Waals surface area contributed by atoms with Crippen LogP contribution < -0.4 is 29.6 Å². The van der Waals surface area contributed by atoms with Gasteiger partial charge >= 0.3 is 0 Å². The predicted molar refractivity (Wildman–Crippen MR) is 105 cm³/mol. The molecule has 0 atom stereocenters. The van der Waals surface area contributed by atoms with Crippen molar-refractivity contribution in [1.29, 1.82) is 0 Å². The van der Waals surface area contributed by atoms with Gasteiger partial charge in [0.25, 0.3) is 5.91 Å². The van der Waals surface area contributed by atoms with Crippen LogP contribution in [0.25, 0.3) is 0 Å². The quantitative estimate of drug-likeness (QED) is 0.657. The molecule has 1 aromatic heterocycles. The van der Waals surface area contributed by atoms with Gasteiger partial charge in [0.05, 0.1) is 19.9 Å².